The second-order valence-corrected chi connectivity index (χ2v) is 2.47. The standard InChI is InChI=1S/C6H13N.CH4/c1-6-4-3-5-7(6)2;/h6H,3-5H2,1-2H3;1H4. The molecule has 0 aromatic heterocycles. The highest BCUT2D eigenvalue weighted by atomic mass is 15.1. The Morgan fingerprint density at radius 3 is 2.25 bits per heavy atom. The molecule has 50 valence electrons. The summed E-state index contributed by atoms with van der Waals surface area (Å²) in [5, 5.41) is 0. The van der Waals surface area contributed by atoms with E-state index in [0.29, 0.717) is 0 Å². The first-order valence-corrected chi connectivity index (χ1v) is 3.01. The van der Waals surface area contributed by atoms with Gasteiger partial charge in [0.2, 0.25) is 0 Å². The van der Waals surface area contributed by atoms with Crippen molar-refractivity contribution in [1.29, 1.82) is 0 Å². The van der Waals surface area contributed by atoms with E-state index in [4.69, 9.17) is 0 Å². The van der Waals surface area contributed by atoms with E-state index in [-0.39, 0.29) is 7.43 Å². The van der Waals surface area contributed by atoms with E-state index in [1.165, 1.54) is 19.4 Å². The van der Waals surface area contributed by atoms with Crippen LogP contribution in [0.2, 0.25) is 0 Å². The van der Waals surface area contributed by atoms with Gasteiger partial charge in [0.15, 0.2) is 0 Å². The third-order valence-electron chi connectivity index (χ3n) is 1.89. The summed E-state index contributed by atoms with van der Waals surface area (Å²) in [6, 6.07) is 0.847. The molecule has 1 fully saturated rings. The number of nitrogens with zero attached hydrogens (tertiary/aromatic N) is 1. The Kier molecular flexibility index (Phi) is 3.06. The van der Waals surface area contributed by atoms with Crippen LogP contribution in [-0.2, 0) is 0 Å². The molecule has 0 bridgehead atoms. The van der Waals surface area contributed by atoms with Gasteiger partial charge >= 0.3 is 0 Å². The maximum atomic E-state index is 2.40. The molecule has 1 aliphatic heterocycles. The lowest BCUT2D eigenvalue weighted by Crippen LogP contribution is -2.20. The average Bonchev–Trinajstić information content (AvgIpc) is 1.91. The number of hydrogen-bond donors (Lipinski definition) is 0. The molecule has 1 saturated heterocycles. The normalized spacial score (nSPS) is 30.0. The van der Waals surface area contributed by atoms with Crippen LogP contribution in [0.15, 0.2) is 0 Å². The van der Waals surface area contributed by atoms with Crippen molar-refractivity contribution in [2.45, 2.75) is 33.2 Å². The van der Waals surface area contributed by atoms with Crippen molar-refractivity contribution < 1.29 is 0 Å². The van der Waals surface area contributed by atoms with Crippen LogP contribution in [-0.4, -0.2) is 24.5 Å². The molecule has 0 aromatic rings. The lowest BCUT2D eigenvalue weighted by atomic mass is 10.3. The summed E-state index contributed by atoms with van der Waals surface area (Å²) in [5.41, 5.74) is 0. The van der Waals surface area contributed by atoms with Crippen molar-refractivity contribution >= 4 is 0 Å². The molecule has 0 radical (unpaired) electrons. The molecule has 1 nitrogen and oxygen atoms in total. The Bertz CT molecular complexity index is 53.4. The number of rotatable bonds is 0. The molecular formula is C7H17N. The third-order valence-corrected chi connectivity index (χ3v) is 1.89. The summed E-state index contributed by atoms with van der Waals surface area (Å²) in [7, 11) is 2.19. The molecular weight excluding hydrogens is 98.1 g/mol. The smallest absolute Gasteiger partial charge is 0.00643 e. The largest absolute Gasteiger partial charge is 0.304 e. The first-order valence-electron chi connectivity index (χ1n) is 3.01. The van der Waals surface area contributed by atoms with Crippen LogP contribution < -0.4 is 0 Å². The monoisotopic (exact) mass is 115 g/mol. The molecule has 0 saturated carbocycles. The minimum Gasteiger partial charge on any atom is -0.304 e. The molecule has 1 heteroatoms. The highest BCUT2D eigenvalue weighted by Gasteiger charge is 2.14. The Morgan fingerprint density at radius 2 is 2.12 bits per heavy atom. The van der Waals surface area contributed by atoms with Gasteiger partial charge in [0.05, 0.1) is 0 Å². The van der Waals surface area contributed by atoms with Gasteiger partial charge in [-0.15, -0.1) is 0 Å². The topological polar surface area (TPSA) is 3.24 Å². The van der Waals surface area contributed by atoms with E-state index in [1.54, 1.807) is 0 Å². The lowest BCUT2D eigenvalue weighted by Gasteiger charge is -2.12. The molecule has 1 heterocycles. The Hall–Kier alpha value is -0.0400. The number of likely N-dealkylation sites (tertiary alicyclic amines) is 1. The minimum absolute atomic E-state index is 0. The summed E-state index contributed by atoms with van der Waals surface area (Å²) in [4.78, 5) is 2.40. The first kappa shape index (κ1) is 7.96. The Balaban J connectivity index is 0.000000490. The molecule has 0 spiro atoms. The van der Waals surface area contributed by atoms with E-state index in [1.807, 2.05) is 0 Å². The maximum absolute atomic E-state index is 2.40. The fourth-order valence-corrected chi connectivity index (χ4v) is 1.08. The van der Waals surface area contributed by atoms with Crippen LogP contribution in [0.1, 0.15) is 27.2 Å². The van der Waals surface area contributed by atoms with E-state index in [9.17, 15) is 0 Å². The van der Waals surface area contributed by atoms with Gasteiger partial charge in [-0.25, -0.2) is 0 Å². The minimum atomic E-state index is 0. The molecule has 1 atom stereocenters. The second kappa shape index (κ2) is 3.08. The summed E-state index contributed by atoms with van der Waals surface area (Å²) in [5.74, 6) is 0. The molecule has 0 aliphatic carbocycles. The average molecular weight is 115 g/mol. The van der Waals surface area contributed by atoms with Crippen molar-refractivity contribution in [1.82, 2.24) is 4.90 Å². The van der Waals surface area contributed by atoms with Gasteiger partial charge in [0, 0.05) is 6.04 Å². The van der Waals surface area contributed by atoms with E-state index >= 15 is 0 Å². The third kappa shape index (κ3) is 1.48. The first-order chi connectivity index (χ1) is 3.30. The van der Waals surface area contributed by atoms with Gasteiger partial charge in [0.1, 0.15) is 0 Å². The van der Waals surface area contributed by atoms with Crippen LogP contribution in [0.3, 0.4) is 0 Å². The fraction of sp³-hybridized carbons (Fsp3) is 1.00. The highest BCUT2D eigenvalue weighted by molar-refractivity contribution is 4.70. The molecule has 0 N–H and O–H groups in total. The fourth-order valence-electron chi connectivity index (χ4n) is 1.08. The zero-order valence-electron chi connectivity index (χ0n) is 5.15. The lowest BCUT2D eigenvalue weighted by molar-refractivity contribution is 0.331. The van der Waals surface area contributed by atoms with Crippen LogP contribution >= 0.6 is 0 Å². The second-order valence-electron chi connectivity index (χ2n) is 2.47. The zero-order valence-corrected chi connectivity index (χ0v) is 5.15. The maximum Gasteiger partial charge on any atom is 0.00643 e. The van der Waals surface area contributed by atoms with Crippen LogP contribution in [0.4, 0.5) is 0 Å². The van der Waals surface area contributed by atoms with Crippen molar-refractivity contribution in [2.75, 3.05) is 13.6 Å². The predicted molar refractivity (Wildman–Crippen MR) is 38.1 cm³/mol. The SMILES string of the molecule is C.CC1CCCN1C. The quantitative estimate of drug-likeness (QED) is 0.465. The Labute approximate surface area is 52.7 Å². The molecule has 0 aromatic carbocycles. The van der Waals surface area contributed by atoms with Gasteiger partial charge in [-0.2, -0.15) is 0 Å². The number of hydrogen-bond acceptors (Lipinski definition) is 1. The molecule has 1 unspecified atom stereocenters. The summed E-state index contributed by atoms with van der Waals surface area (Å²) in [6.07, 6.45) is 2.80. The van der Waals surface area contributed by atoms with Gasteiger partial charge in [0.25, 0.3) is 0 Å². The van der Waals surface area contributed by atoms with Gasteiger partial charge in [-0.3, -0.25) is 0 Å². The van der Waals surface area contributed by atoms with Gasteiger partial charge in [-0.1, -0.05) is 7.43 Å². The van der Waals surface area contributed by atoms with Crippen LogP contribution in [0, 0.1) is 0 Å². The van der Waals surface area contributed by atoms with Crippen molar-refractivity contribution in [3.8, 4) is 0 Å². The van der Waals surface area contributed by atoms with E-state index in [0.717, 1.165) is 6.04 Å². The van der Waals surface area contributed by atoms with E-state index in [2.05, 4.69) is 18.9 Å². The van der Waals surface area contributed by atoms with Crippen molar-refractivity contribution in [2.24, 2.45) is 0 Å². The molecule has 1 aliphatic rings. The summed E-state index contributed by atoms with van der Waals surface area (Å²) < 4.78 is 0. The molecule has 8 heavy (non-hydrogen) atoms. The van der Waals surface area contributed by atoms with E-state index < -0.39 is 0 Å². The van der Waals surface area contributed by atoms with Crippen LogP contribution in [0.25, 0.3) is 0 Å². The molecule has 1 rings (SSSR count). The van der Waals surface area contributed by atoms with Gasteiger partial charge < -0.3 is 4.90 Å². The zero-order chi connectivity index (χ0) is 5.28. The Morgan fingerprint density at radius 1 is 1.50 bits per heavy atom. The highest BCUT2D eigenvalue weighted by Crippen LogP contribution is 2.12. The van der Waals surface area contributed by atoms with Crippen LogP contribution in [0.5, 0.6) is 0 Å². The summed E-state index contributed by atoms with van der Waals surface area (Å²) >= 11 is 0. The predicted octanol–water partition coefficient (Wildman–Crippen LogP) is 1.74. The van der Waals surface area contributed by atoms with Crippen molar-refractivity contribution in [3.63, 3.8) is 0 Å². The van der Waals surface area contributed by atoms with Crippen molar-refractivity contribution in [3.05, 3.63) is 0 Å². The van der Waals surface area contributed by atoms with Gasteiger partial charge in [-0.05, 0) is 33.4 Å². The summed E-state index contributed by atoms with van der Waals surface area (Å²) in [6.45, 7) is 3.59. The molecule has 0 amide bonds.